The second-order valence-electron chi connectivity index (χ2n) is 4.72. The van der Waals surface area contributed by atoms with Crippen molar-refractivity contribution in [3.63, 3.8) is 0 Å². The van der Waals surface area contributed by atoms with Crippen molar-refractivity contribution in [2.75, 3.05) is 37.5 Å². The number of likely N-dealkylation sites (N-methyl/N-ethyl adjacent to an activating group) is 1. The van der Waals surface area contributed by atoms with Crippen molar-refractivity contribution in [2.24, 2.45) is 0 Å². The highest BCUT2D eigenvalue weighted by atomic mass is 16.5. The summed E-state index contributed by atoms with van der Waals surface area (Å²) < 4.78 is 5.22. The van der Waals surface area contributed by atoms with Gasteiger partial charge >= 0.3 is 0 Å². The number of anilines is 2. The number of methoxy groups -OCH3 is 1. The molecule has 108 valence electrons. The van der Waals surface area contributed by atoms with E-state index < -0.39 is 0 Å². The predicted octanol–water partition coefficient (Wildman–Crippen LogP) is 2.33. The Kier molecular flexibility index (Phi) is 6.56. The van der Waals surface area contributed by atoms with Crippen LogP contribution in [0.2, 0.25) is 0 Å². The summed E-state index contributed by atoms with van der Waals surface area (Å²) in [6.07, 6.45) is 3.68. The van der Waals surface area contributed by atoms with Gasteiger partial charge in [0.2, 0.25) is 0 Å². The number of ether oxygens (including phenoxy) is 1. The summed E-state index contributed by atoms with van der Waals surface area (Å²) in [5.74, 6) is 1.95. The first-order valence-electron chi connectivity index (χ1n) is 6.95. The molecule has 1 atom stereocenters. The normalized spacial score (nSPS) is 12.3. The Bertz CT molecular complexity index is 384. The molecule has 0 fully saturated rings. The van der Waals surface area contributed by atoms with Crippen LogP contribution in [-0.4, -0.2) is 43.3 Å². The van der Waals surface area contributed by atoms with Crippen LogP contribution in [0.1, 0.15) is 32.8 Å². The van der Waals surface area contributed by atoms with Crippen molar-refractivity contribution in [1.29, 1.82) is 0 Å². The molecule has 0 aliphatic heterocycles. The summed E-state index contributed by atoms with van der Waals surface area (Å²) in [6.45, 7) is 7.93. The molecule has 0 bridgehead atoms. The van der Waals surface area contributed by atoms with Gasteiger partial charge in [-0.15, -0.1) is 0 Å². The molecule has 1 unspecified atom stereocenters. The van der Waals surface area contributed by atoms with Crippen LogP contribution in [0, 0.1) is 0 Å². The summed E-state index contributed by atoms with van der Waals surface area (Å²) in [7, 11) is 3.78. The molecule has 0 aromatic carbocycles. The van der Waals surface area contributed by atoms with E-state index >= 15 is 0 Å². The lowest BCUT2D eigenvalue weighted by Crippen LogP contribution is -2.34. The zero-order valence-electron chi connectivity index (χ0n) is 12.7. The highest BCUT2D eigenvalue weighted by Gasteiger charge is 2.17. The van der Waals surface area contributed by atoms with Crippen molar-refractivity contribution < 1.29 is 4.74 Å². The molecule has 0 aliphatic rings. The smallest absolute Gasteiger partial charge is 0.137 e. The van der Waals surface area contributed by atoms with E-state index in [2.05, 4.69) is 48.0 Å². The van der Waals surface area contributed by atoms with E-state index in [1.54, 1.807) is 13.4 Å². The minimum absolute atomic E-state index is 0.282. The largest absolute Gasteiger partial charge is 0.383 e. The Morgan fingerprint density at radius 2 is 2.11 bits per heavy atom. The van der Waals surface area contributed by atoms with Crippen LogP contribution in [0.4, 0.5) is 11.6 Å². The van der Waals surface area contributed by atoms with Crippen LogP contribution in [0.25, 0.3) is 0 Å². The van der Waals surface area contributed by atoms with Crippen LogP contribution in [0.15, 0.2) is 6.33 Å². The first-order chi connectivity index (χ1) is 9.15. The van der Waals surface area contributed by atoms with Gasteiger partial charge in [0, 0.05) is 26.3 Å². The summed E-state index contributed by atoms with van der Waals surface area (Å²) in [4.78, 5) is 11.0. The highest BCUT2D eigenvalue weighted by Crippen LogP contribution is 2.25. The maximum absolute atomic E-state index is 5.22. The topological polar surface area (TPSA) is 50.3 Å². The maximum atomic E-state index is 5.22. The van der Waals surface area contributed by atoms with Gasteiger partial charge in [0.15, 0.2) is 0 Å². The summed E-state index contributed by atoms with van der Waals surface area (Å²) in [5.41, 5.74) is 1.19. The average Bonchev–Trinajstić information content (AvgIpc) is 2.40. The number of aromatic nitrogens is 2. The fourth-order valence-corrected chi connectivity index (χ4v) is 2.07. The SMILES string of the molecule is CCCc1c(NCC)ncnc1N(C)C(C)COC. The fraction of sp³-hybridized carbons (Fsp3) is 0.714. The number of nitrogens with one attached hydrogen (secondary N) is 1. The van der Waals surface area contributed by atoms with Gasteiger partial charge in [0.1, 0.15) is 18.0 Å². The molecule has 0 saturated heterocycles. The van der Waals surface area contributed by atoms with Crippen LogP contribution in [0.5, 0.6) is 0 Å². The standard InChI is InChI=1S/C14H26N4O/c1-6-8-12-13(15-7-2)16-10-17-14(12)18(4)11(3)9-19-5/h10-11H,6-9H2,1-5H3,(H,15,16,17). The van der Waals surface area contributed by atoms with Gasteiger partial charge in [-0.1, -0.05) is 13.3 Å². The number of nitrogens with zero attached hydrogens (tertiary/aromatic N) is 3. The Labute approximate surface area is 116 Å². The lowest BCUT2D eigenvalue weighted by Gasteiger charge is -2.28. The first-order valence-corrected chi connectivity index (χ1v) is 6.95. The van der Waals surface area contributed by atoms with E-state index in [1.807, 2.05) is 0 Å². The lowest BCUT2D eigenvalue weighted by atomic mass is 10.1. The third kappa shape index (κ3) is 4.06. The molecular formula is C14H26N4O. The van der Waals surface area contributed by atoms with Crippen LogP contribution in [0.3, 0.4) is 0 Å². The molecule has 1 heterocycles. The van der Waals surface area contributed by atoms with Crippen molar-refractivity contribution in [3.05, 3.63) is 11.9 Å². The molecule has 0 spiro atoms. The van der Waals surface area contributed by atoms with Gasteiger partial charge in [0.05, 0.1) is 12.6 Å². The first kappa shape index (κ1) is 15.7. The quantitative estimate of drug-likeness (QED) is 0.782. The molecule has 1 aromatic heterocycles. The molecular weight excluding hydrogens is 240 g/mol. The Morgan fingerprint density at radius 1 is 1.37 bits per heavy atom. The van der Waals surface area contributed by atoms with E-state index in [-0.39, 0.29) is 6.04 Å². The second-order valence-corrected chi connectivity index (χ2v) is 4.72. The summed E-state index contributed by atoms with van der Waals surface area (Å²) in [5, 5.41) is 3.32. The highest BCUT2D eigenvalue weighted by molar-refractivity contribution is 5.59. The van der Waals surface area contributed by atoms with Gasteiger partial charge in [0.25, 0.3) is 0 Å². The molecule has 1 aromatic rings. The van der Waals surface area contributed by atoms with Crippen LogP contribution < -0.4 is 10.2 Å². The maximum Gasteiger partial charge on any atom is 0.137 e. The van der Waals surface area contributed by atoms with Crippen LogP contribution >= 0.6 is 0 Å². The van der Waals surface area contributed by atoms with Gasteiger partial charge in [-0.3, -0.25) is 0 Å². The van der Waals surface area contributed by atoms with Crippen molar-refractivity contribution in [3.8, 4) is 0 Å². The number of hydrogen-bond donors (Lipinski definition) is 1. The zero-order valence-corrected chi connectivity index (χ0v) is 12.7. The Hall–Kier alpha value is -1.36. The Balaban J connectivity index is 3.06. The van der Waals surface area contributed by atoms with E-state index in [0.717, 1.165) is 31.0 Å². The van der Waals surface area contributed by atoms with Crippen molar-refractivity contribution >= 4 is 11.6 Å². The van der Waals surface area contributed by atoms with E-state index in [4.69, 9.17) is 4.74 Å². The summed E-state index contributed by atoms with van der Waals surface area (Å²) >= 11 is 0. The number of rotatable bonds is 8. The van der Waals surface area contributed by atoms with E-state index in [9.17, 15) is 0 Å². The van der Waals surface area contributed by atoms with Gasteiger partial charge in [-0.05, 0) is 20.3 Å². The average molecular weight is 266 g/mol. The zero-order chi connectivity index (χ0) is 14.3. The molecule has 0 amide bonds. The Morgan fingerprint density at radius 3 is 2.68 bits per heavy atom. The van der Waals surface area contributed by atoms with E-state index in [1.165, 1.54) is 5.56 Å². The third-order valence-corrected chi connectivity index (χ3v) is 3.17. The third-order valence-electron chi connectivity index (χ3n) is 3.17. The molecule has 1 rings (SSSR count). The molecule has 0 radical (unpaired) electrons. The van der Waals surface area contributed by atoms with E-state index in [0.29, 0.717) is 6.61 Å². The second kappa shape index (κ2) is 7.94. The van der Waals surface area contributed by atoms with Crippen molar-refractivity contribution in [2.45, 2.75) is 39.7 Å². The van der Waals surface area contributed by atoms with Gasteiger partial charge in [-0.25, -0.2) is 9.97 Å². The molecule has 0 saturated carbocycles. The minimum atomic E-state index is 0.282. The monoisotopic (exact) mass is 266 g/mol. The molecule has 1 N–H and O–H groups in total. The number of hydrogen-bond acceptors (Lipinski definition) is 5. The molecule has 19 heavy (non-hydrogen) atoms. The molecule has 5 nitrogen and oxygen atoms in total. The van der Waals surface area contributed by atoms with Gasteiger partial charge < -0.3 is 15.0 Å². The predicted molar refractivity (Wildman–Crippen MR) is 79.9 cm³/mol. The molecule has 0 aliphatic carbocycles. The van der Waals surface area contributed by atoms with Crippen molar-refractivity contribution in [1.82, 2.24) is 9.97 Å². The van der Waals surface area contributed by atoms with Gasteiger partial charge in [-0.2, -0.15) is 0 Å². The van der Waals surface area contributed by atoms with Crippen LogP contribution in [-0.2, 0) is 11.2 Å². The lowest BCUT2D eigenvalue weighted by molar-refractivity contribution is 0.183. The minimum Gasteiger partial charge on any atom is -0.383 e. The molecule has 5 heteroatoms. The summed E-state index contributed by atoms with van der Waals surface area (Å²) in [6, 6.07) is 0.282. The fourth-order valence-electron chi connectivity index (χ4n) is 2.07.